The van der Waals surface area contributed by atoms with Crippen molar-refractivity contribution in [2.75, 3.05) is 25.1 Å². The summed E-state index contributed by atoms with van der Waals surface area (Å²) in [4.78, 5) is 18.3. The van der Waals surface area contributed by atoms with Crippen molar-refractivity contribution in [3.05, 3.63) is 41.9 Å². The third-order valence-corrected chi connectivity index (χ3v) is 4.51. The molecule has 1 aliphatic heterocycles. The lowest BCUT2D eigenvalue weighted by atomic mass is 10.2. The molecule has 6 nitrogen and oxygen atoms in total. The van der Waals surface area contributed by atoms with E-state index in [-0.39, 0.29) is 5.97 Å². The molecule has 4 rings (SSSR count). The average molecular weight is 298 g/mol. The van der Waals surface area contributed by atoms with Crippen LogP contribution in [-0.4, -0.2) is 40.9 Å². The van der Waals surface area contributed by atoms with Gasteiger partial charge in [-0.15, -0.1) is 0 Å². The van der Waals surface area contributed by atoms with Gasteiger partial charge >= 0.3 is 5.97 Å². The number of carbonyl (C=O) groups is 1. The molecule has 2 aliphatic rings. The molecule has 0 N–H and O–H groups in total. The zero-order valence-corrected chi connectivity index (χ0v) is 12.5. The van der Waals surface area contributed by atoms with Crippen LogP contribution < -0.4 is 4.90 Å². The number of pyridine rings is 1. The average Bonchev–Trinajstić information content (AvgIpc) is 2.96. The Morgan fingerprint density at radius 1 is 1.32 bits per heavy atom. The number of aromatic nitrogens is 3. The van der Waals surface area contributed by atoms with Crippen LogP contribution in [0.25, 0.3) is 0 Å². The summed E-state index contributed by atoms with van der Waals surface area (Å²) in [6.07, 6.45) is 6.49. The maximum absolute atomic E-state index is 11.4. The number of methoxy groups -OCH3 is 1. The molecule has 0 bridgehead atoms. The molecule has 22 heavy (non-hydrogen) atoms. The highest BCUT2D eigenvalue weighted by molar-refractivity contribution is 5.88. The van der Waals surface area contributed by atoms with Gasteiger partial charge in [0.25, 0.3) is 0 Å². The lowest BCUT2D eigenvalue weighted by Crippen LogP contribution is -2.22. The summed E-state index contributed by atoms with van der Waals surface area (Å²) < 4.78 is 6.39. The van der Waals surface area contributed by atoms with Gasteiger partial charge in [-0.25, -0.2) is 9.78 Å². The molecule has 114 valence electrons. The molecule has 0 spiro atoms. The molecule has 0 amide bonds. The normalized spacial score (nSPS) is 22.5. The van der Waals surface area contributed by atoms with Crippen molar-refractivity contribution in [3.63, 3.8) is 0 Å². The second-order valence-electron chi connectivity index (χ2n) is 6.10. The van der Waals surface area contributed by atoms with E-state index in [9.17, 15) is 4.79 Å². The summed E-state index contributed by atoms with van der Waals surface area (Å²) in [5.41, 5.74) is 1.52. The number of carbonyl (C=O) groups excluding carboxylic acids is 1. The Balaban J connectivity index is 1.42. The first-order valence-corrected chi connectivity index (χ1v) is 7.53. The van der Waals surface area contributed by atoms with E-state index in [0.717, 1.165) is 36.3 Å². The second-order valence-corrected chi connectivity index (χ2v) is 6.10. The van der Waals surface area contributed by atoms with Gasteiger partial charge in [-0.1, -0.05) is 6.07 Å². The third-order valence-electron chi connectivity index (χ3n) is 4.51. The lowest BCUT2D eigenvalue weighted by molar-refractivity contribution is 0.0600. The number of anilines is 1. The number of hydrogen-bond acceptors (Lipinski definition) is 5. The van der Waals surface area contributed by atoms with Gasteiger partial charge in [-0.2, -0.15) is 5.10 Å². The van der Waals surface area contributed by atoms with Crippen LogP contribution in [0.15, 0.2) is 30.7 Å². The molecule has 3 heterocycles. The van der Waals surface area contributed by atoms with Crippen LogP contribution in [0.3, 0.4) is 0 Å². The lowest BCUT2D eigenvalue weighted by Gasteiger charge is -2.18. The highest BCUT2D eigenvalue weighted by Gasteiger charge is 2.45. The van der Waals surface area contributed by atoms with E-state index >= 15 is 0 Å². The van der Waals surface area contributed by atoms with Crippen LogP contribution in [0.4, 0.5) is 5.82 Å². The number of piperidine rings is 1. The number of ether oxygens (including phenoxy) is 1. The van der Waals surface area contributed by atoms with E-state index in [0.29, 0.717) is 12.1 Å². The first kappa shape index (κ1) is 13.3. The van der Waals surface area contributed by atoms with E-state index in [2.05, 4.69) is 31.9 Å². The van der Waals surface area contributed by atoms with Crippen LogP contribution in [0.1, 0.15) is 22.3 Å². The van der Waals surface area contributed by atoms with Crippen LogP contribution >= 0.6 is 0 Å². The van der Waals surface area contributed by atoms with Gasteiger partial charge in [-0.3, -0.25) is 4.68 Å². The summed E-state index contributed by atoms with van der Waals surface area (Å²) in [5.74, 6) is 2.50. The maximum atomic E-state index is 11.4. The van der Waals surface area contributed by atoms with E-state index in [4.69, 9.17) is 0 Å². The topological polar surface area (TPSA) is 60.2 Å². The molecular weight excluding hydrogens is 280 g/mol. The van der Waals surface area contributed by atoms with Gasteiger partial charge in [0.2, 0.25) is 0 Å². The van der Waals surface area contributed by atoms with Crippen molar-refractivity contribution in [1.29, 1.82) is 0 Å². The minimum Gasteiger partial charge on any atom is -0.465 e. The molecule has 0 radical (unpaired) electrons. The number of nitrogens with zero attached hydrogens (tertiary/aromatic N) is 4. The van der Waals surface area contributed by atoms with E-state index in [1.807, 2.05) is 6.20 Å². The molecule has 1 saturated heterocycles. The fraction of sp³-hybridized carbons (Fsp3) is 0.438. The van der Waals surface area contributed by atoms with Gasteiger partial charge in [-0.05, 0) is 29.9 Å². The predicted octanol–water partition coefficient (Wildman–Crippen LogP) is 1.57. The molecular formula is C16H18N4O2. The zero-order valence-electron chi connectivity index (χ0n) is 12.5. The smallest absolute Gasteiger partial charge is 0.341 e. The summed E-state index contributed by atoms with van der Waals surface area (Å²) in [7, 11) is 1.37. The van der Waals surface area contributed by atoms with E-state index in [1.54, 1.807) is 10.9 Å². The van der Waals surface area contributed by atoms with E-state index in [1.165, 1.54) is 19.7 Å². The van der Waals surface area contributed by atoms with Gasteiger partial charge in [0.15, 0.2) is 0 Å². The van der Waals surface area contributed by atoms with Crippen molar-refractivity contribution in [2.45, 2.75) is 13.0 Å². The van der Waals surface area contributed by atoms with Crippen molar-refractivity contribution in [3.8, 4) is 0 Å². The number of rotatable bonds is 4. The highest BCUT2D eigenvalue weighted by Crippen LogP contribution is 2.45. The first-order chi connectivity index (χ1) is 10.7. The fourth-order valence-electron chi connectivity index (χ4n) is 3.14. The zero-order chi connectivity index (χ0) is 15.1. The summed E-state index contributed by atoms with van der Waals surface area (Å²) in [6.45, 7) is 2.90. The molecule has 2 unspecified atom stereocenters. The molecule has 0 aromatic carbocycles. The second kappa shape index (κ2) is 5.12. The molecule has 2 aromatic rings. The first-order valence-electron chi connectivity index (χ1n) is 7.53. The molecule has 1 saturated carbocycles. The molecule has 2 fully saturated rings. The van der Waals surface area contributed by atoms with Crippen LogP contribution in [0, 0.1) is 11.8 Å². The Morgan fingerprint density at radius 2 is 2.14 bits per heavy atom. The number of fused-ring (bicyclic) bond motifs is 1. The Kier molecular flexibility index (Phi) is 3.10. The SMILES string of the molecule is COC(=O)c1cnn(Cc2ccc(N3CC4CC4C3)nc2)c1. The fourth-order valence-corrected chi connectivity index (χ4v) is 3.14. The van der Waals surface area contributed by atoms with Gasteiger partial charge in [0, 0.05) is 25.5 Å². The standard InChI is InChI=1S/C16H18N4O2/c1-22-16(21)14-6-18-20(10-14)7-11-2-3-15(17-5-11)19-8-12-4-13(12)9-19/h2-3,5-6,10,12-13H,4,7-9H2,1H3. The Hall–Kier alpha value is -2.37. The third kappa shape index (κ3) is 2.45. The van der Waals surface area contributed by atoms with Crippen molar-refractivity contribution in [2.24, 2.45) is 11.8 Å². The quantitative estimate of drug-likeness (QED) is 0.802. The number of hydrogen-bond donors (Lipinski definition) is 0. The Labute approximate surface area is 128 Å². The minimum atomic E-state index is -0.368. The minimum absolute atomic E-state index is 0.368. The largest absolute Gasteiger partial charge is 0.465 e. The monoisotopic (exact) mass is 298 g/mol. The molecule has 1 aliphatic carbocycles. The summed E-state index contributed by atoms with van der Waals surface area (Å²) in [5, 5.41) is 4.17. The molecule has 2 atom stereocenters. The van der Waals surface area contributed by atoms with Gasteiger partial charge < -0.3 is 9.64 Å². The van der Waals surface area contributed by atoms with Gasteiger partial charge in [0.05, 0.1) is 25.4 Å². The van der Waals surface area contributed by atoms with Crippen molar-refractivity contribution < 1.29 is 9.53 Å². The summed E-state index contributed by atoms with van der Waals surface area (Å²) in [6, 6.07) is 4.15. The maximum Gasteiger partial charge on any atom is 0.341 e. The summed E-state index contributed by atoms with van der Waals surface area (Å²) >= 11 is 0. The van der Waals surface area contributed by atoms with Crippen molar-refractivity contribution in [1.82, 2.24) is 14.8 Å². The van der Waals surface area contributed by atoms with Crippen molar-refractivity contribution >= 4 is 11.8 Å². The number of esters is 1. The molecule has 6 heteroatoms. The predicted molar refractivity (Wildman–Crippen MR) is 80.7 cm³/mol. The van der Waals surface area contributed by atoms with Crippen LogP contribution in [0.5, 0.6) is 0 Å². The van der Waals surface area contributed by atoms with Crippen LogP contribution in [0.2, 0.25) is 0 Å². The van der Waals surface area contributed by atoms with Crippen LogP contribution in [-0.2, 0) is 11.3 Å². The van der Waals surface area contributed by atoms with E-state index < -0.39 is 0 Å². The highest BCUT2D eigenvalue weighted by atomic mass is 16.5. The Bertz CT molecular complexity index is 684. The Morgan fingerprint density at radius 3 is 2.82 bits per heavy atom. The van der Waals surface area contributed by atoms with Gasteiger partial charge in [0.1, 0.15) is 5.82 Å². The molecule has 2 aromatic heterocycles.